The Morgan fingerprint density at radius 1 is 1.44 bits per heavy atom. The lowest BCUT2D eigenvalue weighted by atomic mass is 10.0. The first-order valence-electron chi connectivity index (χ1n) is 6.55. The standard InChI is InChI=1S/C15H21NO2/c1-11-8-13(11)10-16(2)14(9-15(17)18)12-6-4-3-5-7-12/h3-7,11,13-14H,8-10H2,1-2H3,(H,17,18). The van der Waals surface area contributed by atoms with Crippen LogP contribution < -0.4 is 0 Å². The lowest BCUT2D eigenvalue weighted by molar-refractivity contribution is -0.138. The molecule has 1 fully saturated rings. The molecule has 0 bridgehead atoms. The summed E-state index contributed by atoms with van der Waals surface area (Å²) in [6.45, 7) is 3.25. The number of hydrogen-bond acceptors (Lipinski definition) is 2. The maximum atomic E-state index is 11.0. The first-order valence-corrected chi connectivity index (χ1v) is 6.55. The Kier molecular flexibility index (Phi) is 4.02. The number of rotatable bonds is 6. The molecule has 98 valence electrons. The molecule has 3 heteroatoms. The molecule has 3 nitrogen and oxygen atoms in total. The van der Waals surface area contributed by atoms with Crippen LogP contribution in [0.25, 0.3) is 0 Å². The summed E-state index contributed by atoms with van der Waals surface area (Å²) in [6, 6.07) is 9.91. The van der Waals surface area contributed by atoms with Crippen molar-refractivity contribution in [2.45, 2.75) is 25.8 Å². The molecule has 0 aliphatic heterocycles. The van der Waals surface area contributed by atoms with Gasteiger partial charge in [0.05, 0.1) is 6.42 Å². The van der Waals surface area contributed by atoms with Crippen molar-refractivity contribution in [2.75, 3.05) is 13.6 Å². The Morgan fingerprint density at radius 2 is 2.06 bits per heavy atom. The summed E-state index contributed by atoms with van der Waals surface area (Å²) < 4.78 is 0. The second kappa shape index (κ2) is 5.53. The lowest BCUT2D eigenvalue weighted by Gasteiger charge is -2.27. The normalized spacial score (nSPS) is 23.9. The SMILES string of the molecule is CC1CC1CN(C)C(CC(=O)O)c1ccccc1. The zero-order valence-corrected chi connectivity index (χ0v) is 11.0. The fourth-order valence-electron chi connectivity index (χ4n) is 2.52. The van der Waals surface area contributed by atoms with Crippen LogP contribution in [0.15, 0.2) is 30.3 Å². The molecule has 0 saturated heterocycles. The summed E-state index contributed by atoms with van der Waals surface area (Å²) in [6.07, 6.45) is 1.44. The van der Waals surface area contributed by atoms with E-state index in [0.717, 1.165) is 23.9 Å². The first-order chi connectivity index (χ1) is 8.58. The minimum atomic E-state index is -0.737. The van der Waals surface area contributed by atoms with E-state index in [1.165, 1.54) is 6.42 Å². The highest BCUT2D eigenvalue weighted by molar-refractivity contribution is 5.67. The third kappa shape index (κ3) is 3.33. The van der Waals surface area contributed by atoms with Gasteiger partial charge in [-0.3, -0.25) is 9.69 Å². The zero-order chi connectivity index (χ0) is 13.1. The van der Waals surface area contributed by atoms with Crippen molar-refractivity contribution in [3.8, 4) is 0 Å². The van der Waals surface area contributed by atoms with Gasteiger partial charge in [-0.15, -0.1) is 0 Å². The van der Waals surface area contributed by atoms with Gasteiger partial charge in [-0.1, -0.05) is 37.3 Å². The predicted octanol–water partition coefficient (Wildman–Crippen LogP) is 2.79. The van der Waals surface area contributed by atoms with Gasteiger partial charge in [0.15, 0.2) is 0 Å². The van der Waals surface area contributed by atoms with Crippen molar-refractivity contribution < 1.29 is 9.90 Å². The summed E-state index contributed by atoms with van der Waals surface area (Å²) in [5.74, 6) is 0.809. The Bertz CT molecular complexity index is 404. The van der Waals surface area contributed by atoms with E-state index in [2.05, 4.69) is 11.8 Å². The number of carbonyl (C=O) groups is 1. The summed E-state index contributed by atoms with van der Waals surface area (Å²) >= 11 is 0. The van der Waals surface area contributed by atoms with Crippen LogP contribution in [0.4, 0.5) is 0 Å². The van der Waals surface area contributed by atoms with Gasteiger partial charge in [-0.25, -0.2) is 0 Å². The van der Waals surface area contributed by atoms with Gasteiger partial charge in [-0.2, -0.15) is 0 Å². The van der Waals surface area contributed by atoms with Crippen molar-refractivity contribution in [2.24, 2.45) is 11.8 Å². The second-order valence-electron chi connectivity index (χ2n) is 5.44. The van der Waals surface area contributed by atoms with Gasteiger partial charge in [0.25, 0.3) is 0 Å². The molecule has 1 aromatic rings. The van der Waals surface area contributed by atoms with E-state index in [1.54, 1.807) is 0 Å². The molecule has 0 radical (unpaired) electrons. The Morgan fingerprint density at radius 3 is 2.56 bits per heavy atom. The largest absolute Gasteiger partial charge is 0.481 e. The average Bonchev–Trinajstić information content (AvgIpc) is 3.02. The fraction of sp³-hybridized carbons (Fsp3) is 0.533. The summed E-state index contributed by atoms with van der Waals surface area (Å²) in [5, 5.41) is 9.07. The van der Waals surface area contributed by atoms with Gasteiger partial charge in [0.2, 0.25) is 0 Å². The number of carboxylic acids is 1. The van der Waals surface area contributed by atoms with E-state index in [-0.39, 0.29) is 12.5 Å². The molecule has 1 aliphatic carbocycles. The summed E-state index contributed by atoms with van der Waals surface area (Å²) in [7, 11) is 2.03. The molecule has 3 atom stereocenters. The molecule has 2 rings (SSSR count). The van der Waals surface area contributed by atoms with E-state index >= 15 is 0 Å². The van der Waals surface area contributed by atoms with E-state index < -0.39 is 5.97 Å². The van der Waals surface area contributed by atoms with Crippen LogP contribution >= 0.6 is 0 Å². The molecule has 1 N–H and O–H groups in total. The van der Waals surface area contributed by atoms with Crippen LogP contribution in [0.3, 0.4) is 0 Å². The fourth-order valence-corrected chi connectivity index (χ4v) is 2.52. The van der Waals surface area contributed by atoms with Crippen LogP contribution in [0, 0.1) is 11.8 Å². The number of hydrogen-bond donors (Lipinski definition) is 1. The Hall–Kier alpha value is -1.35. The highest BCUT2D eigenvalue weighted by Gasteiger charge is 2.35. The Balaban J connectivity index is 2.06. The molecule has 0 heterocycles. The van der Waals surface area contributed by atoms with Crippen LogP contribution in [0.1, 0.15) is 31.4 Å². The van der Waals surface area contributed by atoms with E-state index in [0.29, 0.717) is 0 Å². The minimum Gasteiger partial charge on any atom is -0.481 e. The number of aliphatic carboxylic acids is 1. The topological polar surface area (TPSA) is 40.5 Å². The third-order valence-corrected chi connectivity index (χ3v) is 3.88. The molecular weight excluding hydrogens is 226 g/mol. The number of nitrogens with zero attached hydrogens (tertiary/aromatic N) is 1. The molecular formula is C15H21NO2. The van der Waals surface area contributed by atoms with Gasteiger partial charge in [0.1, 0.15) is 0 Å². The quantitative estimate of drug-likeness (QED) is 0.840. The van der Waals surface area contributed by atoms with Crippen LogP contribution in [-0.2, 0) is 4.79 Å². The van der Waals surface area contributed by atoms with Gasteiger partial charge < -0.3 is 5.11 Å². The smallest absolute Gasteiger partial charge is 0.305 e. The minimum absolute atomic E-state index is 0.0171. The first kappa shape index (κ1) is 13.1. The van der Waals surface area contributed by atoms with Gasteiger partial charge in [-0.05, 0) is 30.9 Å². The Labute approximate surface area is 108 Å². The number of benzene rings is 1. The van der Waals surface area contributed by atoms with E-state index in [9.17, 15) is 4.79 Å². The molecule has 1 aliphatic rings. The number of carboxylic acid groups (broad SMARTS) is 1. The zero-order valence-electron chi connectivity index (χ0n) is 11.0. The maximum Gasteiger partial charge on any atom is 0.305 e. The molecule has 3 unspecified atom stereocenters. The average molecular weight is 247 g/mol. The van der Waals surface area contributed by atoms with E-state index in [4.69, 9.17) is 5.11 Å². The van der Waals surface area contributed by atoms with Crippen molar-refractivity contribution in [3.63, 3.8) is 0 Å². The van der Waals surface area contributed by atoms with Gasteiger partial charge >= 0.3 is 5.97 Å². The molecule has 1 saturated carbocycles. The molecule has 0 amide bonds. The monoisotopic (exact) mass is 247 g/mol. The van der Waals surface area contributed by atoms with Crippen LogP contribution in [0.2, 0.25) is 0 Å². The van der Waals surface area contributed by atoms with E-state index in [1.807, 2.05) is 37.4 Å². The highest BCUT2D eigenvalue weighted by atomic mass is 16.4. The highest BCUT2D eigenvalue weighted by Crippen LogP contribution is 2.39. The molecule has 18 heavy (non-hydrogen) atoms. The van der Waals surface area contributed by atoms with Crippen LogP contribution in [-0.4, -0.2) is 29.6 Å². The third-order valence-electron chi connectivity index (χ3n) is 3.88. The van der Waals surface area contributed by atoms with Crippen molar-refractivity contribution in [3.05, 3.63) is 35.9 Å². The summed E-state index contributed by atoms with van der Waals surface area (Å²) in [5.41, 5.74) is 1.09. The van der Waals surface area contributed by atoms with Gasteiger partial charge in [0, 0.05) is 12.6 Å². The van der Waals surface area contributed by atoms with Crippen molar-refractivity contribution >= 4 is 5.97 Å². The van der Waals surface area contributed by atoms with Crippen molar-refractivity contribution in [1.82, 2.24) is 4.90 Å². The second-order valence-corrected chi connectivity index (χ2v) is 5.44. The predicted molar refractivity (Wildman–Crippen MR) is 71.3 cm³/mol. The van der Waals surface area contributed by atoms with Crippen molar-refractivity contribution in [1.29, 1.82) is 0 Å². The lowest BCUT2D eigenvalue weighted by Crippen LogP contribution is -2.29. The molecule has 0 spiro atoms. The molecule has 0 aromatic heterocycles. The van der Waals surface area contributed by atoms with Crippen LogP contribution in [0.5, 0.6) is 0 Å². The summed E-state index contributed by atoms with van der Waals surface area (Å²) in [4.78, 5) is 13.2. The maximum absolute atomic E-state index is 11.0. The molecule has 1 aromatic carbocycles.